The van der Waals surface area contributed by atoms with E-state index in [1.165, 1.54) is 43.4 Å². The number of rotatable bonds is 6. The molecule has 0 aromatic heterocycles. The van der Waals surface area contributed by atoms with Crippen LogP contribution in [0, 0.1) is 5.41 Å². The number of hydrogen-bond donors (Lipinski definition) is 3. The molecule has 0 aliphatic heterocycles. The fraction of sp³-hybridized carbons (Fsp3) is 0.650. The van der Waals surface area contributed by atoms with Crippen molar-refractivity contribution in [2.45, 2.75) is 63.3 Å². The monoisotopic (exact) mass is 362 g/mol. The Morgan fingerprint density at radius 3 is 2.52 bits per heavy atom. The van der Waals surface area contributed by atoms with Gasteiger partial charge in [-0.2, -0.15) is 0 Å². The van der Waals surface area contributed by atoms with Gasteiger partial charge in [0.05, 0.1) is 5.69 Å². The maximum atomic E-state index is 5.88. The highest BCUT2D eigenvalue weighted by molar-refractivity contribution is 7.98. The lowest BCUT2D eigenvalue weighted by Gasteiger charge is -2.24. The maximum absolute atomic E-state index is 5.88. The van der Waals surface area contributed by atoms with E-state index in [0.29, 0.717) is 19.1 Å². The Morgan fingerprint density at radius 2 is 1.88 bits per heavy atom. The van der Waals surface area contributed by atoms with Crippen molar-refractivity contribution in [1.29, 1.82) is 0 Å². The molecule has 0 bridgehead atoms. The summed E-state index contributed by atoms with van der Waals surface area (Å²) in [5.74, 6) is 0.884. The van der Waals surface area contributed by atoms with Gasteiger partial charge in [-0.05, 0) is 43.2 Å². The number of nitrogens with one attached hydrogen (secondary N) is 2. The van der Waals surface area contributed by atoms with Crippen LogP contribution in [0.3, 0.4) is 0 Å². The SMILES string of the molecule is CSc1ccccc1NC(=NCC(C)(C)CN)NC1CCCCCC1. The van der Waals surface area contributed by atoms with E-state index in [-0.39, 0.29) is 5.41 Å². The molecule has 0 spiro atoms. The van der Waals surface area contributed by atoms with Crippen LogP contribution in [-0.2, 0) is 0 Å². The van der Waals surface area contributed by atoms with E-state index in [4.69, 9.17) is 10.7 Å². The molecule has 4 N–H and O–H groups in total. The molecule has 140 valence electrons. The van der Waals surface area contributed by atoms with Gasteiger partial charge in [-0.25, -0.2) is 0 Å². The van der Waals surface area contributed by atoms with Gasteiger partial charge < -0.3 is 16.4 Å². The number of nitrogens with zero attached hydrogens (tertiary/aromatic N) is 1. The molecule has 0 atom stereocenters. The third kappa shape index (κ3) is 6.90. The standard InChI is InChI=1S/C20H34N4S/c1-20(2,14-21)15-22-19(23-16-10-6-4-5-7-11-16)24-17-12-8-9-13-18(17)25-3/h8-9,12-13,16H,4-7,10-11,14-15,21H2,1-3H3,(H2,22,23,24). The minimum absolute atomic E-state index is 0.0110. The van der Waals surface area contributed by atoms with Crippen LogP contribution in [0.1, 0.15) is 52.4 Å². The molecule has 1 aliphatic carbocycles. The number of aliphatic imine (C=N–C) groups is 1. The van der Waals surface area contributed by atoms with Crippen molar-refractivity contribution in [1.82, 2.24) is 5.32 Å². The summed E-state index contributed by atoms with van der Waals surface area (Å²) in [5.41, 5.74) is 7.00. The van der Waals surface area contributed by atoms with Crippen molar-refractivity contribution < 1.29 is 0 Å². The largest absolute Gasteiger partial charge is 0.353 e. The second-order valence-electron chi connectivity index (χ2n) is 7.69. The number of nitrogens with two attached hydrogens (primary N) is 1. The van der Waals surface area contributed by atoms with Gasteiger partial charge >= 0.3 is 0 Å². The number of guanidine groups is 1. The van der Waals surface area contributed by atoms with Crippen LogP contribution in [0.4, 0.5) is 5.69 Å². The van der Waals surface area contributed by atoms with E-state index < -0.39 is 0 Å². The lowest BCUT2D eigenvalue weighted by Crippen LogP contribution is -2.40. The average Bonchev–Trinajstić information content (AvgIpc) is 2.89. The summed E-state index contributed by atoms with van der Waals surface area (Å²) in [7, 11) is 0. The van der Waals surface area contributed by atoms with Crippen LogP contribution in [0.2, 0.25) is 0 Å². The van der Waals surface area contributed by atoms with Gasteiger partial charge in [-0.3, -0.25) is 4.99 Å². The zero-order chi connectivity index (χ0) is 18.1. The van der Waals surface area contributed by atoms with Gasteiger partial charge in [-0.15, -0.1) is 11.8 Å². The molecule has 4 nitrogen and oxygen atoms in total. The van der Waals surface area contributed by atoms with Crippen LogP contribution in [0.15, 0.2) is 34.2 Å². The lowest BCUT2D eigenvalue weighted by atomic mass is 9.94. The first kappa shape index (κ1) is 20.1. The Morgan fingerprint density at radius 1 is 1.20 bits per heavy atom. The van der Waals surface area contributed by atoms with Crippen LogP contribution in [-0.4, -0.2) is 31.3 Å². The third-order valence-electron chi connectivity index (χ3n) is 4.77. The quantitative estimate of drug-likeness (QED) is 0.302. The summed E-state index contributed by atoms with van der Waals surface area (Å²) in [6.45, 7) is 5.67. The highest BCUT2D eigenvalue weighted by Gasteiger charge is 2.18. The van der Waals surface area contributed by atoms with Crippen molar-refractivity contribution in [2.24, 2.45) is 16.1 Å². The predicted molar refractivity (Wildman–Crippen MR) is 112 cm³/mol. The lowest BCUT2D eigenvalue weighted by molar-refractivity contribution is 0.392. The summed E-state index contributed by atoms with van der Waals surface area (Å²) in [4.78, 5) is 6.10. The van der Waals surface area contributed by atoms with Crippen molar-refractivity contribution >= 4 is 23.4 Å². The zero-order valence-corrected chi connectivity index (χ0v) is 16.8. The molecule has 2 rings (SSSR count). The van der Waals surface area contributed by atoms with Crippen LogP contribution in [0.25, 0.3) is 0 Å². The minimum atomic E-state index is 0.0110. The minimum Gasteiger partial charge on any atom is -0.353 e. The molecule has 25 heavy (non-hydrogen) atoms. The van der Waals surface area contributed by atoms with E-state index in [1.807, 2.05) is 0 Å². The Labute approximate surface area is 157 Å². The van der Waals surface area contributed by atoms with Gasteiger partial charge in [0, 0.05) is 17.5 Å². The fourth-order valence-electron chi connectivity index (χ4n) is 2.97. The summed E-state index contributed by atoms with van der Waals surface area (Å²) in [5, 5.41) is 7.22. The smallest absolute Gasteiger partial charge is 0.196 e. The van der Waals surface area contributed by atoms with E-state index in [2.05, 4.69) is 55.0 Å². The van der Waals surface area contributed by atoms with Gasteiger partial charge in [0.15, 0.2) is 5.96 Å². The van der Waals surface area contributed by atoms with E-state index in [0.717, 1.165) is 11.6 Å². The van der Waals surface area contributed by atoms with Gasteiger partial charge in [-0.1, -0.05) is 51.7 Å². The van der Waals surface area contributed by atoms with Crippen molar-refractivity contribution in [3.05, 3.63) is 24.3 Å². The molecular formula is C20H34N4S. The molecule has 0 unspecified atom stereocenters. The Bertz CT molecular complexity index is 548. The van der Waals surface area contributed by atoms with Crippen molar-refractivity contribution in [2.75, 3.05) is 24.7 Å². The summed E-state index contributed by atoms with van der Waals surface area (Å²) >= 11 is 1.75. The molecule has 0 radical (unpaired) electrons. The molecule has 0 heterocycles. The number of benzene rings is 1. The zero-order valence-electron chi connectivity index (χ0n) is 16.0. The highest BCUT2D eigenvalue weighted by Crippen LogP contribution is 2.25. The number of hydrogen-bond acceptors (Lipinski definition) is 3. The first-order valence-corrected chi connectivity index (χ1v) is 10.7. The van der Waals surface area contributed by atoms with E-state index in [9.17, 15) is 0 Å². The molecule has 1 aliphatic rings. The van der Waals surface area contributed by atoms with Crippen LogP contribution < -0.4 is 16.4 Å². The second kappa shape index (κ2) is 10.1. The van der Waals surface area contributed by atoms with E-state index in [1.54, 1.807) is 11.8 Å². The van der Waals surface area contributed by atoms with Crippen LogP contribution >= 0.6 is 11.8 Å². The molecule has 1 aromatic carbocycles. The molecule has 5 heteroatoms. The summed E-state index contributed by atoms with van der Waals surface area (Å²) < 4.78 is 0. The second-order valence-corrected chi connectivity index (χ2v) is 8.54. The molecule has 1 aromatic rings. The maximum Gasteiger partial charge on any atom is 0.196 e. The fourth-order valence-corrected chi connectivity index (χ4v) is 3.53. The highest BCUT2D eigenvalue weighted by atomic mass is 32.2. The predicted octanol–water partition coefficient (Wildman–Crippen LogP) is 4.47. The molecule has 0 saturated heterocycles. The Kier molecular flexibility index (Phi) is 8.10. The van der Waals surface area contributed by atoms with Gasteiger partial charge in [0.25, 0.3) is 0 Å². The van der Waals surface area contributed by atoms with Crippen molar-refractivity contribution in [3.8, 4) is 0 Å². The number of anilines is 1. The van der Waals surface area contributed by atoms with Gasteiger partial charge in [0.1, 0.15) is 0 Å². The van der Waals surface area contributed by atoms with Gasteiger partial charge in [0.2, 0.25) is 0 Å². The normalized spacial score (nSPS) is 17.2. The molecule has 0 amide bonds. The van der Waals surface area contributed by atoms with Crippen LogP contribution in [0.5, 0.6) is 0 Å². The Hall–Kier alpha value is -1.20. The number of para-hydroxylation sites is 1. The average molecular weight is 363 g/mol. The van der Waals surface area contributed by atoms with E-state index >= 15 is 0 Å². The first-order chi connectivity index (χ1) is 12.0. The summed E-state index contributed by atoms with van der Waals surface area (Å²) in [6.07, 6.45) is 9.88. The molecule has 1 saturated carbocycles. The summed E-state index contributed by atoms with van der Waals surface area (Å²) in [6, 6.07) is 8.90. The molecular weight excluding hydrogens is 328 g/mol. The number of thioether (sulfide) groups is 1. The van der Waals surface area contributed by atoms with Crippen molar-refractivity contribution in [3.63, 3.8) is 0 Å². The Balaban J connectivity index is 2.14. The first-order valence-electron chi connectivity index (χ1n) is 9.45. The topological polar surface area (TPSA) is 62.4 Å². The molecule has 1 fully saturated rings. The third-order valence-corrected chi connectivity index (χ3v) is 5.57.